The number of fused-ring (bicyclic) bond motifs is 1. The minimum atomic E-state index is -2.52. The predicted molar refractivity (Wildman–Crippen MR) is 122 cm³/mol. The molecule has 7 nitrogen and oxygen atoms in total. The number of benzene rings is 1. The van der Waals surface area contributed by atoms with Crippen molar-refractivity contribution in [2.75, 3.05) is 18.1 Å². The predicted octanol–water partition coefficient (Wildman–Crippen LogP) is 4.20. The van der Waals surface area contributed by atoms with E-state index in [0.29, 0.717) is 18.9 Å². The van der Waals surface area contributed by atoms with Gasteiger partial charge in [0.15, 0.2) is 5.75 Å². The zero-order valence-corrected chi connectivity index (χ0v) is 19.1. The van der Waals surface area contributed by atoms with Crippen LogP contribution in [0.3, 0.4) is 0 Å². The molecule has 2 fully saturated rings. The average Bonchev–Trinajstić information content (AvgIpc) is 3.46. The molecule has 1 unspecified atom stereocenters. The number of hydrogen-bond acceptors (Lipinski definition) is 5. The van der Waals surface area contributed by atoms with Gasteiger partial charge in [0.2, 0.25) is 5.91 Å². The zero-order chi connectivity index (χ0) is 22.0. The summed E-state index contributed by atoms with van der Waals surface area (Å²) in [5.41, 5.74) is 3.68. The van der Waals surface area contributed by atoms with E-state index in [1.165, 1.54) is 18.4 Å². The molecular weight excluding hydrogens is 414 g/mol. The van der Waals surface area contributed by atoms with E-state index in [0.717, 1.165) is 22.7 Å². The summed E-state index contributed by atoms with van der Waals surface area (Å²) >= 11 is 0. The maximum Gasteiger partial charge on any atom is 0.227 e. The van der Waals surface area contributed by atoms with Crippen molar-refractivity contribution in [1.29, 1.82) is 0 Å². The Kier molecular flexibility index (Phi) is 4.88. The molecule has 0 bridgehead atoms. The van der Waals surface area contributed by atoms with E-state index >= 15 is 0 Å². The van der Waals surface area contributed by atoms with Gasteiger partial charge in [-0.1, -0.05) is 18.2 Å². The van der Waals surface area contributed by atoms with Crippen molar-refractivity contribution in [2.24, 2.45) is 5.92 Å². The number of rotatable bonds is 5. The van der Waals surface area contributed by atoms with Gasteiger partial charge in [0.25, 0.3) is 0 Å². The molecule has 1 aromatic carbocycles. The molecule has 1 amide bonds. The highest BCUT2D eigenvalue weighted by Crippen LogP contribution is 2.54. The number of nitrogens with zero attached hydrogens (tertiary/aromatic N) is 2. The van der Waals surface area contributed by atoms with Crippen molar-refractivity contribution in [3.63, 3.8) is 0 Å². The van der Waals surface area contributed by atoms with E-state index < -0.39 is 16.1 Å². The van der Waals surface area contributed by atoms with Crippen molar-refractivity contribution < 1.29 is 18.6 Å². The second-order valence-electron chi connectivity index (χ2n) is 9.92. The smallest absolute Gasteiger partial charge is 0.227 e. The number of aromatic nitrogens is 2. The average molecular weight is 446 g/mol. The van der Waals surface area contributed by atoms with Gasteiger partial charge in [0.05, 0.1) is 28.7 Å². The first-order chi connectivity index (χ1) is 14.6. The summed E-state index contributed by atoms with van der Waals surface area (Å²) in [6.45, 7) is 6.33. The molecule has 1 aromatic heterocycles. The fourth-order valence-corrected chi connectivity index (χ4v) is 6.96. The first kappa shape index (κ1) is 20.8. The SMILES string of the molecule is CC(C)n1nc(-c2cccc(C3CC3)c2)c2c1CC(C(=O)NC1(C)CS(O)(O)C1)CO2. The Morgan fingerprint density at radius 3 is 2.71 bits per heavy atom. The Labute approximate surface area is 184 Å². The van der Waals surface area contributed by atoms with Crippen molar-refractivity contribution in [3.8, 4) is 17.0 Å². The lowest BCUT2D eigenvalue weighted by atomic mass is 9.96. The van der Waals surface area contributed by atoms with E-state index in [4.69, 9.17) is 9.84 Å². The number of ether oxygens (including phenoxy) is 1. The number of hydrogen-bond donors (Lipinski definition) is 3. The van der Waals surface area contributed by atoms with Crippen LogP contribution in [0.15, 0.2) is 24.3 Å². The first-order valence-electron chi connectivity index (χ1n) is 11.0. The third kappa shape index (κ3) is 3.97. The molecule has 3 aliphatic rings. The summed E-state index contributed by atoms with van der Waals surface area (Å²) in [7, 11) is -2.52. The zero-order valence-electron chi connectivity index (χ0n) is 18.3. The van der Waals surface area contributed by atoms with Crippen LogP contribution < -0.4 is 10.1 Å². The van der Waals surface area contributed by atoms with Gasteiger partial charge in [0, 0.05) is 18.0 Å². The Balaban J connectivity index is 1.39. The largest absolute Gasteiger partial charge is 0.488 e. The van der Waals surface area contributed by atoms with Crippen LogP contribution in [0.1, 0.15) is 56.8 Å². The van der Waals surface area contributed by atoms with Crippen LogP contribution in [0.25, 0.3) is 11.3 Å². The normalized spacial score (nSPS) is 24.6. The van der Waals surface area contributed by atoms with Crippen molar-refractivity contribution in [3.05, 3.63) is 35.5 Å². The van der Waals surface area contributed by atoms with E-state index in [1.54, 1.807) is 0 Å². The molecule has 168 valence electrons. The fourth-order valence-electron chi connectivity index (χ4n) is 4.86. The molecule has 31 heavy (non-hydrogen) atoms. The minimum absolute atomic E-state index is 0.100. The van der Waals surface area contributed by atoms with Crippen LogP contribution in [0.5, 0.6) is 5.75 Å². The van der Waals surface area contributed by atoms with Crippen molar-refractivity contribution in [2.45, 2.75) is 57.5 Å². The maximum absolute atomic E-state index is 12.9. The summed E-state index contributed by atoms with van der Waals surface area (Å²) in [5.74, 6) is 1.47. The summed E-state index contributed by atoms with van der Waals surface area (Å²) in [5, 5.41) is 7.91. The van der Waals surface area contributed by atoms with Gasteiger partial charge in [0.1, 0.15) is 12.3 Å². The van der Waals surface area contributed by atoms with Crippen LogP contribution in [0.4, 0.5) is 0 Å². The first-order valence-corrected chi connectivity index (χ1v) is 12.9. The highest BCUT2D eigenvalue weighted by atomic mass is 32.3. The van der Waals surface area contributed by atoms with Gasteiger partial charge in [-0.05, 0) is 51.2 Å². The van der Waals surface area contributed by atoms with E-state index in [-0.39, 0.29) is 29.4 Å². The molecule has 5 rings (SSSR count). The van der Waals surface area contributed by atoms with Gasteiger partial charge in [-0.15, -0.1) is 0 Å². The maximum atomic E-state index is 12.9. The lowest BCUT2D eigenvalue weighted by Gasteiger charge is -2.54. The number of carbonyl (C=O) groups is 1. The number of amides is 1. The Bertz CT molecular complexity index is 1020. The second kappa shape index (κ2) is 7.25. The molecular formula is C23H31N3O4S. The summed E-state index contributed by atoms with van der Waals surface area (Å²) < 4.78 is 27.6. The molecule has 1 aliphatic carbocycles. The Morgan fingerprint density at radius 1 is 1.32 bits per heavy atom. The monoisotopic (exact) mass is 445 g/mol. The molecule has 3 heterocycles. The van der Waals surface area contributed by atoms with Crippen molar-refractivity contribution >= 4 is 16.5 Å². The lowest BCUT2D eigenvalue weighted by Crippen LogP contribution is -2.62. The molecule has 3 N–H and O–H groups in total. The number of carbonyl (C=O) groups excluding carboxylic acids is 1. The highest BCUT2D eigenvalue weighted by Gasteiger charge is 2.47. The lowest BCUT2D eigenvalue weighted by molar-refractivity contribution is -0.127. The topological polar surface area (TPSA) is 96.6 Å². The van der Waals surface area contributed by atoms with Crippen LogP contribution in [-0.2, 0) is 11.2 Å². The highest BCUT2D eigenvalue weighted by molar-refractivity contribution is 8.25. The molecule has 0 spiro atoms. The summed E-state index contributed by atoms with van der Waals surface area (Å²) in [6.07, 6.45) is 3.06. The fraction of sp³-hybridized carbons (Fsp3) is 0.565. The summed E-state index contributed by atoms with van der Waals surface area (Å²) in [4.78, 5) is 12.9. The van der Waals surface area contributed by atoms with E-state index in [2.05, 4.69) is 43.4 Å². The third-order valence-corrected chi connectivity index (χ3v) is 8.62. The molecule has 0 radical (unpaired) electrons. The molecule has 1 saturated heterocycles. The van der Waals surface area contributed by atoms with Crippen LogP contribution in [-0.4, -0.2) is 48.4 Å². The van der Waals surface area contributed by atoms with Gasteiger partial charge in [-0.25, -0.2) is 0 Å². The molecule has 1 atom stereocenters. The van der Waals surface area contributed by atoms with Crippen LogP contribution in [0, 0.1) is 5.92 Å². The van der Waals surface area contributed by atoms with E-state index in [1.807, 2.05) is 11.6 Å². The van der Waals surface area contributed by atoms with Gasteiger partial charge >= 0.3 is 0 Å². The Morgan fingerprint density at radius 2 is 2.06 bits per heavy atom. The van der Waals surface area contributed by atoms with Crippen molar-refractivity contribution in [1.82, 2.24) is 15.1 Å². The third-order valence-electron chi connectivity index (χ3n) is 6.42. The summed E-state index contributed by atoms with van der Waals surface area (Å²) in [6, 6.07) is 8.73. The minimum Gasteiger partial charge on any atom is -0.488 e. The van der Waals surface area contributed by atoms with E-state index in [9.17, 15) is 13.9 Å². The molecule has 8 heteroatoms. The quantitative estimate of drug-likeness (QED) is 0.641. The molecule has 2 aromatic rings. The molecule has 2 aliphatic heterocycles. The standard InChI is InChI=1S/C23H31N3O4S/c1-14(2)26-19-10-18(22(27)24-23(3)12-31(28,29)13-23)11-30-21(19)20(25-26)17-6-4-5-16(9-17)15-7-8-15/h4-6,9,14-15,18,28-29H,7-8,10-13H2,1-3H3,(H,24,27). The second-order valence-corrected chi connectivity index (χ2v) is 12.1. The van der Waals surface area contributed by atoms with Gasteiger partial charge < -0.3 is 10.1 Å². The van der Waals surface area contributed by atoms with Crippen LogP contribution >= 0.6 is 10.6 Å². The van der Waals surface area contributed by atoms with Crippen LogP contribution in [0.2, 0.25) is 0 Å². The van der Waals surface area contributed by atoms with Gasteiger partial charge in [-0.3, -0.25) is 18.6 Å². The Hall–Kier alpha value is -2.03. The van der Waals surface area contributed by atoms with Gasteiger partial charge in [-0.2, -0.15) is 15.7 Å². The number of nitrogens with one attached hydrogen (secondary N) is 1. The molecule has 1 saturated carbocycles.